The molecule has 1 atom stereocenters. The summed E-state index contributed by atoms with van der Waals surface area (Å²) in [7, 11) is 0. The van der Waals surface area contributed by atoms with Gasteiger partial charge in [0.2, 0.25) is 0 Å². The van der Waals surface area contributed by atoms with Gasteiger partial charge in [-0.05, 0) is 31.0 Å². The van der Waals surface area contributed by atoms with Gasteiger partial charge < -0.3 is 10.4 Å². The van der Waals surface area contributed by atoms with E-state index in [0.29, 0.717) is 12.2 Å². The molecule has 1 amide bonds. The molecule has 0 aliphatic rings. The summed E-state index contributed by atoms with van der Waals surface area (Å²) in [6.07, 6.45) is 0. The van der Waals surface area contributed by atoms with Crippen molar-refractivity contribution >= 4 is 17.5 Å². The SMILES string of the molecule is Cc1c(C(=O)NCC(C)CO)nnn1-c1ccc(Cl)cc1F. The number of aromatic nitrogens is 3. The van der Waals surface area contributed by atoms with E-state index in [9.17, 15) is 9.18 Å². The third-order valence-electron chi connectivity index (χ3n) is 3.17. The fourth-order valence-electron chi connectivity index (χ4n) is 1.84. The van der Waals surface area contributed by atoms with Gasteiger partial charge in [0.1, 0.15) is 11.5 Å². The lowest BCUT2D eigenvalue weighted by Crippen LogP contribution is -2.30. The summed E-state index contributed by atoms with van der Waals surface area (Å²) in [5.74, 6) is -1.03. The fourth-order valence-corrected chi connectivity index (χ4v) is 1.99. The van der Waals surface area contributed by atoms with Gasteiger partial charge in [-0.15, -0.1) is 5.10 Å². The number of rotatable bonds is 5. The first-order valence-electron chi connectivity index (χ1n) is 6.70. The minimum atomic E-state index is -0.554. The van der Waals surface area contributed by atoms with Crippen LogP contribution in [-0.4, -0.2) is 39.2 Å². The van der Waals surface area contributed by atoms with Gasteiger partial charge in [-0.25, -0.2) is 9.07 Å². The van der Waals surface area contributed by atoms with E-state index in [1.165, 1.54) is 22.9 Å². The van der Waals surface area contributed by atoms with E-state index >= 15 is 0 Å². The predicted octanol–water partition coefficient (Wildman–Crippen LogP) is 1.73. The summed E-state index contributed by atoms with van der Waals surface area (Å²) in [4.78, 5) is 12.0. The van der Waals surface area contributed by atoms with Crippen LogP contribution in [0.25, 0.3) is 5.69 Å². The Hall–Kier alpha value is -1.99. The smallest absolute Gasteiger partial charge is 0.273 e. The first kappa shape index (κ1) is 16.4. The number of aliphatic hydroxyl groups is 1. The summed E-state index contributed by atoms with van der Waals surface area (Å²) < 4.78 is 15.2. The lowest BCUT2D eigenvalue weighted by Gasteiger charge is -2.09. The molecule has 8 heteroatoms. The highest BCUT2D eigenvalue weighted by molar-refractivity contribution is 6.30. The molecule has 1 aromatic heterocycles. The molecule has 2 aromatic rings. The minimum Gasteiger partial charge on any atom is -0.396 e. The van der Waals surface area contributed by atoms with Crippen LogP contribution in [0.5, 0.6) is 0 Å². The van der Waals surface area contributed by atoms with E-state index in [1.807, 2.05) is 0 Å². The van der Waals surface area contributed by atoms with Crippen molar-refractivity contribution in [2.75, 3.05) is 13.2 Å². The van der Waals surface area contributed by atoms with Crippen molar-refractivity contribution in [3.8, 4) is 5.69 Å². The standard InChI is InChI=1S/C14H16ClFN4O2/c1-8(7-21)6-17-14(22)13-9(2)20(19-18-13)12-4-3-10(15)5-11(12)16/h3-5,8,21H,6-7H2,1-2H3,(H,17,22). The van der Waals surface area contributed by atoms with Gasteiger partial charge in [-0.1, -0.05) is 23.7 Å². The van der Waals surface area contributed by atoms with Crippen LogP contribution in [0.15, 0.2) is 18.2 Å². The number of benzene rings is 1. The van der Waals surface area contributed by atoms with Crippen molar-refractivity contribution in [1.29, 1.82) is 0 Å². The predicted molar refractivity (Wildman–Crippen MR) is 79.6 cm³/mol. The summed E-state index contributed by atoms with van der Waals surface area (Å²) in [5, 5.41) is 19.5. The van der Waals surface area contributed by atoms with Gasteiger partial charge in [0.15, 0.2) is 5.69 Å². The highest BCUT2D eigenvalue weighted by Crippen LogP contribution is 2.19. The molecule has 2 N–H and O–H groups in total. The zero-order valence-corrected chi connectivity index (χ0v) is 12.9. The van der Waals surface area contributed by atoms with E-state index in [-0.39, 0.29) is 28.9 Å². The van der Waals surface area contributed by atoms with Crippen molar-refractivity contribution in [2.24, 2.45) is 5.92 Å². The molecular formula is C14H16ClFN4O2. The van der Waals surface area contributed by atoms with Gasteiger partial charge in [0, 0.05) is 18.2 Å². The molecule has 1 heterocycles. The van der Waals surface area contributed by atoms with Crippen molar-refractivity contribution in [3.05, 3.63) is 40.4 Å². The zero-order valence-electron chi connectivity index (χ0n) is 12.2. The lowest BCUT2D eigenvalue weighted by molar-refractivity contribution is 0.0936. The molecule has 6 nitrogen and oxygen atoms in total. The minimum absolute atomic E-state index is 0.0259. The van der Waals surface area contributed by atoms with Crippen molar-refractivity contribution in [3.63, 3.8) is 0 Å². The largest absolute Gasteiger partial charge is 0.396 e. The van der Waals surface area contributed by atoms with Gasteiger partial charge in [-0.3, -0.25) is 4.79 Å². The molecule has 1 aromatic carbocycles. The van der Waals surface area contributed by atoms with Gasteiger partial charge in [-0.2, -0.15) is 0 Å². The Balaban J connectivity index is 2.24. The maximum absolute atomic E-state index is 13.9. The Morgan fingerprint density at radius 2 is 2.27 bits per heavy atom. The molecule has 0 aliphatic heterocycles. The number of hydrogen-bond donors (Lipinski definition) is 2. The molecule has 0 saturated heterocycles. The van der Waals surface area contributed by atoms with Crippen LogP contribution in [0.1, 0.15) is 23.1 Å². The second-order valence-corrected chi connectivity index (χ2v) is 5.47. The summed E-state index contributed by atoms with van der Waals surface area (Å²) >= 11 is 5.71. The van der Waals surface area contributed by atoms with Crippen molar-refractivity contribution < 1.29 is 14.3 Å². The number of carbonyl (C=O) groups excluding carboxylic acids is 1. The molecule has 0 saturated carbocycles. The molecule has 22 heavy (non-hydrogen) atoms. The average molecular weight is 327 g/mol. The molecule has 118 valence electrons. The van der Waals surface area contributed by atoms with Crippen LogP contribution in [0, 0.1) is 18.7 Å². The van der Waals surface area contributed by atoms with E-state index in [0.717, 1.165) is 0 Å². The van der Waals surface area contributed by atoms with E-state index in [2.05, 4.69) is 15.6 Å². The van der Waals surface area contributed by atoms with Crippen LogP contribution in [0.3, 0.4) is 0 Å². The molecule has 2 rings (SSSR count). The Morgan fingerprint density at radius 3 is 2.91 bits per heavy atom. The second kappa shape index (κ2) is 6.85. The molecular weight excluding hydrogens is 311 g/mol. The maximum atomic E-state index is 13.9. The van der Waals surface area contributed by atoms with Crippen molar-refractivity contribution in [2.45, 2.75) is 13.8 Å². The Kier molecular flexibility index (Phi) is 5.10. The monoisotopic (exact) mass is 326 g/mol. The fraction of sp³-hybridized carbons (Fsp3) is 0.357. The van der Waals surface area contributed by atoms with Gasteiger partial charge >= 0.3 is 0 Å². The third kappa shape index (κ3) is 3.42. The number of aliphatic hydroxyl groups excluding tert-OH is 1. The zero-order chi connectivity index (χ0) is 16.3. The molecule has 0 radical (unpaired) electrons. The maximum Gasteiger partial charge on any atom is 0.273 e. The summed E-state index contributed by atoms with van der Waals surface area (Å²) in [6, 6.07) is 4.17. The Labute approximate surface area is 131 Å². The first-order chi connectivity index (χ1) is 10.4. The van der Waals surface area contributed by atoms with E-state index in [4.69, 9.17) is 16.7 Å². The lowest BCUT2D eigenvalue weighted by atomic mass is 10.2. The molecule has 0 bridgehead atoms. The average Bonchev–Trinajstić information content (AvgIpc) is 2.86. The van der Waals surface area contributed by atoms with Crippen molar-refractivity contribution in [1.82, 2.24) is 20.3 Å². The number of amides is 1. The van der Waals surface area contributed by atoms with E-state index < -0.39 is 11.7 Å². The highest BCUT2D eigenvalue weighted by atomic mass is 35.5. The number of halogens is 2. The van der Waals surface area contributed by atoms with Crippen LogP contribution < -0.4 is 5.32 Å². The normalized spacial score (nSPS) is 12.2. The Morgan fingerprint density at radius 1 is 1.55 bits per heavy atom. The van der Waals surface area contributed by atoms with E-state index in [1.54, 1.807) is 13.8 Å². The third-order valence-corrected chi connectivity index (χ3v) is 3.41. The number of hydrogen-bond acceptors (Lipinski definition) is 4. The van der Waals surface area contributed by atoms with Crippen LogP contribution in [0.2, 0.25) is 5.02 Å². The first-order valence-corrected chi connectivity index (χ1v) is 7.08. The number of nitrogens with zero attached hydrogens (tertiary/aromatic N) is 3. The number of carbonyl (C=O) groups is 1. The quantitative estimate of drug-likeness (QED) is 0.877. The summed E-state index contributed by atoms with van der Waals surface area (Å²) in [6.45, 7) is 3.71. The second-order valence-electron chi connectivity index (χ2n) is 5.03. The molecule has 1 unspecified atom stereocenters. The number of nitrogens with one attached hydrogen (secondary N) is 1. The topological polar surface area (TPSA) is 80.0 Å². The molecule has 0 spiro atoms. The van der Waals surface area contributed by atoms with Crippen LogP contribution in [-0.2, 0) is 0 Å². The van der Waals surface area contributed by atoms with Gasteiger partial charge in [0.05, 0.1) is 5.69 Å². The van der Waals surface area contributed by atoms with Crippen LogP contribution in [0.4, 0.5) is 4.39 Å². The van der Waals surface area contributed by atoms with Crippen LogP contribution >= 0.6 is 11.6 Å². The summed E-state index contributed by atoms with van der Waals surface area (Å²) in [5.41, 5.74) is 0.687. The highest BCUT2D eigenvalue weighted by Gasteiger charge is 2.19. The molecule has 0 fully saturated rings. The Bertz CT molecular complexity index is 689. The molecule has 0 aliphatic carbocycles. The van der Waals surface area contributed by atoms with Gasteiger partial charge in [0.25, 0.3) is 5.91 Å².